The van der Waals surface area contributed by atoms with Crippen LogP contribution in [0.4, 0.5) is 0 Å². The first-order chi connectivity index (χ1) is 9.06. The van der Waals surface area contributed by atoms with E-state index in [-0.39, 0.29) is 0 Å². The molecule has 0 rings (SSSR count). The Labute approximate surface area is 134 Å². The van der Waals surface area contributed by atoms with Gasteiger partial charge in [0, 0.05) is 0 Å². The molecule has 0 amide bonds. The predicted octanol–water partition coefficient (Wildman–Crippen LogP) is 7.01. The van der Waals surface area contributed by atoms with Crippen LogP contribution in [0.1, 0.15) is 72.6 Å². The van der Waals surface area contributed by atoms with Gasteiger partial charge in [0.15, 0.2) is 0 Å². The monoisotopic (exact) mass is 374 g/mol. The Bertz CT molecular complexity index is 304. The van der Waals surface area contributed by atoms with Gasteiger partial charge in [-0.25, -0.2) is 0 Å². The summed E-state index contributed by atoms with van der Waals surface area (Å²) in [5.74, 6) is 0. The molecule has 0 saturated heterocycles. The van der Waals surface area contributed by atoms with Crippen LogP contribution in [0.3, 0.4) is 0 Å². The minimum Gasteiger partial charge on any atom is -0.0864 e. The Hall–Kier alpha value is -0.0500. The summed E-state index contributed by atoms with van der Waals surface area (Å²) in [5.41, 5.74) is 4.52. The second-order valence-corrected chi connectivity index (χ2v) is 6.72. The number of rotatable bonds is 10. The quantitative estimate of drug-likeness (QED) is 0.167. The lowest BCUT2D eigenvalue weighted by Crippen LogP contribution is -1.81. The Morgan fingerprint density at radius 1 is 0.737 bits per heavy atom. The fourth-order valence-corrected chi connectivity index (χ4v) is 2.47. The van der Waals surface area contributed by atoms with Crippen LogP contribution in [-0.2, 0) is 0 Å². The van der Waals surface area contributed by atoms with E-state index in [1.807, 2.05) is 0 Å². The number of unbranched alkanes of at least 4 members (excludes halogenated alkanes) is 2. The van der Waals surface area contributed by atoms with E-state index in [2.05, 4.69) is 68.5 Å². The Morgan fingerprint density at radius 3 is 1.79 bits per heavy atom. The molecule has 0 aliphatic heterocycles. The van der Waals surface area contributed by atoms with E-state index in [1.165, 1.54) is 60.5 Å². The van der Waals surface area contributed by atoms with Crippen molar-refractivity contribution in [3.05, 3.63) is 34.9 Å². The highest BCUT2D eigenvalue weighted by Crippen LogP contribution is 2.12. The number of hydrogen-bond acceptors (Lipinski definition) is 0. The van der Waals surface area contributed by atoms with Gasteiger partial charge in [0.2, 0.25) is 0 Å². The van der Waals surface area contributed by atoms with Crippen molar-refractivity contribution in [1.29, 1.82) is 0 Å². The van der Waals surface area contributed by atoms with Gasteiger partial charge >= 0.3 is 0 Å². The van der Waals surface area contributed by atoms with Gasteiger partial charge in [0.1, 0.15) is 0 Å². The van der Waals surface area contributed by atoms with Crippen molar-refractivity contribution in [2.24, 2.45) is 0 Å². The molecule has 0 heterocycles. The maximum Gasteiger partial charge on any atom is -0.000462 e. The second kappa shape index (κ2) is 13.0. The second-order valence-electron chi connectivity index (χ2n) is 5.64. The summed E-state index contributed by atoms with van der Waals surface area (Å²) in [6, 6.07) is 0. The number of alkyl halides is 1. The average molecular weight is 374 g/mol. The SMILES string of the molecule is CC(C)=CCC/C(C)=C/CC/C(C)=C/CCCCI. The third kappa shape index (κ3) is 14.2. The molecule has 0 bridgehead atoms. The smallest absolute Gasteiger partial charge is 0.000462 e. The molecule has 0 N–H and O–H groups in total. The fourth-order valence-electron chi connectivity index (χ4n) is 1.93. The van der Waals surface area contributed by atoms with Gasteiger partial charge in [-0.05, 0) is 77.1 Å². The average Bonchev–Trinajstić information content (AvgIpc) is 2.34. The summed E-state index contributed by atoms with van der Waals surface area (Å²) >= 11 is 2.46. The number of allylic oxidation sites excluding steroid dienone is 6. The lowest BCUT2D eigenvalue weighted by atomic mass is 10.1. The zero-order valence-electron chi connectivity index (χ0n) is 13.3. The molecular formula is C18H31I. The highest BCUT2D eigenvalue weighted by atomic mass is 127. The number of hydrogen-bond donors (Lipinski definition) is 0. The van der Waals surface area contributed by atoms with Crippen LogP contribution in [0.15, 0.2) is 34.9 Å². The molecule has 0 aromatic carbocycles. The summed E-state index contributed by atoms with van der Waals surface area (Å²) in [7, 11) is 0. The van der Waals surface area contributed by atoms with E-state index in [0.717, 1.165) is 0 Å². The Morgan fingerprint density at radius 2 is 1.26 bits per heavy atom. The van der Waals surface area contributed by atoms with Gasteiger partial charge in [0.25, 0.3) is 0 Å². The topological polar surface area (TPSA) is 0 Å². The molecule has 0 aromatic rings. The highest BCUT2D eigenvalue weighted by molar-refractivity contribution is 14.1. The normalized spacial score (nSPS) is 12.7. The first kappa shape index (κ1) is 18.9. The van der Waals surface area contributed by atoms with E-state index >= 15 is 0 Å². The third-order valence-electron chi connectivity index (χ3n) is 3.20. The molecule has 0 saturated carbocycles. The molecule has 0 radical (unpaired) electrons. The third-order valence-corrected chi connectivity index (χ3v) is 3.97. The van der Waals surface area contributed by atoms with Gasteiger partial charge in [-0.1, -0.05) is 57.5 Å². The first-order valence-corrected chi connectivity index (χ1v) is 9.09. The lowest BCUT2D eigenvalue weighted by Gasteiger charge is -2.01. The maximum atomic E-state index is 2.46. The minimum absolute atomic E-state index is 1.19. The molecule has 0 spiro atoms. The van der Waals surface area contributed by atoms with E-state index in [9.17, 15) is 0 Å². The molecule has 0 atom stereocenters. The van der Waals surface area contributed by atoms with Crippen LogP contribution < -0.4 is 0 Å². The molecule has 0 aromatic heterocycles. The summed E-state index contributed by atoms with van der Waals surface area (Å²) in [4.78, 5) is 0. The summed E-state index contributed by atoms with van der Waals surface area (Å²) in [6.07, 6.45) is 16.0. The van der Waals surface area contributed by atoms with Gasteiger partial charge in [0.05, 0.1) is 0 Å². The van der Waals surface area contributed by atoms with Crippen molar-refractivity contribution in [2.45, 2.75) is 72.6 Å². The van der Waals surface area contributed by atoms with E-state index in [1.54, 1.807) is 5.57 Å². The van der Waals surface area contributed by atoms with Crippen LogP contribution in [0.2, 0.25) is 0 Å². The van der Waals surface area contributed by atoms with Crippen molar-refractivity contribution in [2.75, 3.05) is 4.43 Å². The van der Waals surface area contributed by atoms with Crippen LogP contribution in [0, 0.1) is 0 Å². The number of halogens is 1. The van der Waals surface area contributed by atoms with Gasteiger partial charge in [-0.3, -0.25) is 0 Å². The highest BCUT2D eigenvalue weighted by Gasteiger charge is 1.92. The van der Waals surface area contributed by atoms with Crippen LogP contribution >= 0.6 is 22.6 Å². The fraction of sp³-hybridized carbons (Fsp3) is 0.667. The lowest BCUT2D eigenvalue weighted by molar-refractivity contribution is 0.818. The molecule has 0 unspecified atom stereocenters. The van der Waals surface area contributed by atoms with Crippen molar-refractivity contribution < 1.29 is 0 Å². The van der Waals surface area contributed by atoms with Crippen LogP contribution in [0.25, 0.3) is 0 Å². The summed E-state index contributed by atoms with van der Waals surface area (Å²) < 4.78 is 1.29. The molecule has 0 fully saturated rings. The Balaban J connectivity index is 3.77. The van der Waals surface area contributed by atoms with Crippen LogP contribution in [-0.4, -0.2) is 4.43 Å². The van der Waals surface area contributed by atoms with Crippen molar-refractivity contribution in [3.8, 4) is 0 Å². The largest absolute Gasteiger partial charge is 0.0864 e. The maximum absolute atomic E-state index is 2.46. The zero-order valence-corrected chi connectivity index (χ0v) is 15.4. The van der Waals surface area contributed by atoms with Gasteiger partial charge < -0.3 is 0 Å². The van der Waals surface area contributed by atoms with E-state index < -0.39 is 0 Å². The molecule has 0 nitrogen and oxygen atoms in total. The van der Waals surface area contributed by atoms with Gasteiger partial charge in [-0.2, -0.15) is 0 Å². The molecular weight excluding hydrogens is 343 g/mol. The Kier molecular flexibility index (Phi) is 12.9. The summed E-state index contributed by atoms with van der Waals surface area (Å²) in [5, 5.41) is 0. The van der Waals surface area contributed by atoms with Crippen LogP contribution in [0.5, 0.6) is 0 Å². The van der Waals surface area contributed by atoms with Crippen molar-refractivity contribution in [3.63, 3.8) is 0 Å². The molecule has 110 valence electrons. The van der Waals surface area contributed by atoms with Gasteiger partial charge in [-0.15, -0.1) is 0 Å². The minimum atomic E-state index is 1.19. The first-order valence-electron chi connectivity index (χ1n) is 7.57. The molecule has 0 aliphatic carbocycles. The standard InChI is InChI=1S/C18H31I/c1-16(2)10-8-12-18(4)14-9-13-17(3)11-6-5-7-15-19/h10-11,14H,5-9,12-13,15H2,1-4H3/b17-11+,18-14+. The molecule has 1 heteroatoms. The van der Waals surface area contributed by atoms with Crippen molar-refractivity contribution in [1.82, 2.24) is 0 Å². The zero-order chi connectivity index (χ0) is 14.5. The van der Waals surface area contributed by atoms with E-state index in [4.69, 9.17) is 0 Å². The summed E-state index contributed by atoms with van der Waals surface area (Å²) in [6.45, 7) is 8.88. The van der Waals surface area contributed by atoms with Crippen molar-refractivity contribution >= 4 is 22.6 Å². The van der Waals surface area contributed by atoms with E-state index in [0.29, 0.717) is 0 Å². The predicted molar refractivity (Wildman–Crippen MR) is 98.2 cm³/mol. The molecule has 19 heavy (non-hydrogen) atoms. The molecule has 0 aliphatic rings.